The summed E-state index contributed by atoms with van der Waals surface area (Å²) in [5.41, 5.74) is 0.376. The van der Waals surface area contributed by atoms with Crippen LogP contribution in [0.5, 0.6) is 11.5 Å². The van der Waals surface area contributed by atoms with Gasteiger partial charge in [-0.25, -0.2) is 9.59 Å². The van der Waals surface area contributed by atoms with E-state index in [0.29, 0.717) is 29.9 Å². The number of amides is 1. The molecule has 0 aromatic heterocycles. The molecule has 3 rings (SSSR count). The standard InChI is InChI=1S/C20H26N2O8/c1-12(18(23)14-4-5-16-17(10-14)27-11-26-16)22(3)19(24)28-13(2)29-20(25)30-15-6-8-21-9-7-15/h4-5,10,12-13,15,21H,6-9,11H2,1-3H3. The smallest absolute Gasteiger partial charge is 0.454 e. The van der Waals surface area contributed by atoms with E-state index in [-0.39, 0.29) is 18.7 Å². The highest BCUT2D eigenvalue weighted by Gasteiger charge is 2.28. The molecule has 1 aromatic rings. The van der Waals surface area contributed by atoms with Crippen LogP contribution in [0.25, 0.3) is 0 Å². The molecular formula is C20H26N2O8. The van der Waals surface area contributed by atoms with Crippen LogP contribution in [0.15, 0.2) is 18.2 Å². The number of carbonyl (C=O) groups excluding carboxylic acids is 3. The van der Waals surface area contributed by atoms with E-state index in [1.165, 1.54) is 14.0 Å². The first-order valence-corrected chi connectivity index (χ1v) is 9.80. The minimum atomic E-state index is -1.16. The monoisotopic (exact) mass is 422 g/mol. The van der Waals surface area contributed by atoms with Crippen molar-refractivity contribution in [2.75, 3.05) is 26.9 Å². The number of hydrogen-bond acceptors (Lipinski definition) is 9. The Morgan fingerprint density at radius 2 is 1.80 bits per heavy atom. The summed E-state index contributed by atoms with van der Waals surface area (Å²) in [4.78, 5) is 38.1. The Bertz CT molecular complexity index is 793. The Morgan fingerprint density at radius 1 is 1.10 bits per heavy atom. The quantitative estimate of drug-likeness (QED) is 0.419. The summed E-state index contributed by atoms with van der Waals surface area (Å²) in [6.07, 6.45) is -1.68. The van der Waals surface area contributed by atoms with Gasteiger partial charge in [-0.05, 0) is 51.1 Å². The van der Waals surface area contributed by atoms with E-state index in [2.05, 4.69) is 5.32 Å². The van der Waals surface area contributed by atoms with Gasteiger partial charge in [0.05, 0.1) is 6.04 Å². The van der Waals surface area contributed by atoms with Crippen LogP contribution in [0.4, 0.5) is 9.59 Å². The van der Waals surface area contributed by atoms with E-state index < -0.39 is 24.6 Å². The van der Waals surface area contributed by atoms with Gasteiger partial charge in [-0.1, -0.05) is 0 Å². The average Bonchev–Trinajstić information content (AvgIpc) is 3.20. The SMILES string of the molecule is CC(OC(=O)OC1CCNCC1)OC(=O)N(C)C(C)C(=O)c1ccc2c(c1)OCO2. The normalized spacial score (nSPS) is 17.6. The van der Waals surface area contributed by atoms with Gasteiger partial charge in [-0.15, -0.1) is 0 Å². The lowest BCUT2D eigenvalue weighted by Gasteiger charge is -2.26. The molecule has 1 N–H and O–H groups in total. The van der Waals surface area contributed by atoms with Gasteiger partial charge >= 0.3 is 12.2 Å². The van der Waals surface area contributed by atoms with E-state index in [1.54, 1.807) is 25.1 Å². The molecule has 2 atom stereocenters. The van der Waals surface area contributed by atoms with Crippen molar-refractivity contribution in [1.29, 1.82) is 0 Å². The number of benzene rings is 1. The molecule has 30 heavy (non-hydrogen) atoms. The van der Waals surface area contributed by atoms with E-state index in [1.807, 2.05) is 0 Å². The summed E-state index contributed by atoms with van der Waals surface area (Å²) in [6, 6.07) is 4.01. The minimum absolute atomic E-state index is 0.104. The third-order valence-electron chi connectivity index (χ3n) is 4.98. The molecule has 164 valence electrons. The summed E-state index contributed by atoms with van der Waals surface area (Å²) >= 11 is 0. The average molecular weight is 422 g/mol. The van der Waals surface area contributed by atoms with Crippen LogP contribution in [-0.4, -0.2) is 68.3 Å². The lowest BCUT2D eigenvalue weighted by atomic mass is 10.0. The molecule has 0 aliphatic carbocycles. The molecule has 0 spiro atoms. The van der Waals surface area contributed by atoms with Crippen molar-refractivity contribution in [3.05, 3.63) is 23.8 Å². The molecule has 1 saturated heterocycles. The number of Topliss-reactive ketones (excluding diaryl/α,β-unsaturated/α-hetero) is 1. The first kappa shape index (κ1) is 21.7. The number of nitrogens with zero attached hydrogens (tertiary/aromatic N) is 1. The number of carbonyl (C=O) groups is 3. The second-order valence-electron chi connectivity index (χ2n) is 7.11. The maximum atomic E-state index is 12.7. The number of piperidine rings is 1. The van der Waals surface area contributed by atoms with Crippen molar-refractivity contribution in [3.8, 4) is 11.5 Å². The second-order valence-corrected chi connectivity index (χ2v) is 7.11. The molecule has 1 amide bonds. The molecule has 2 heterocycles. The second kappa shape index (κ2) is 9.66. The molecule has 0 saturated carbocycles. The lowest BCUT2D eigenvalue weighted by molar-refractivity contribution is -0.0918. The molecule has 0 bridgehead atoms. The fourth-order valence-electron chi connectivity index (χ4n) is 3.09. The van der Waals surface area contributed by atoms with Crippen LogP contribution in [0, 0.1) is 0 Å². The van der Waals surface area contributed by atoms with Crippen LogP contribution >= 0.6 is 0 Å². The van der Waals surface area contributed by atoms with Gasteiger partial charge in [-0.3, -0.25) is 4.79 Å². The fraction of sp³-hybridized carbons (Fsp3) is 0.550. The van der Waals surface area contributed by atoms with Crippen LogP contribution in [-0.2, 0) is 14.2 Å². The number of fused-ring (bicyclic) bond motifs is 1. The van der Waals surface area contributed by atoms with E-state index >= 15 is 0 Å². The Labute approximate surface area is 174 Å². The first-order valence-electron chi connectivity index (χ1n) is 9.80. The van der Waals surface area contributed by atoms with E-state index in [4.69, 9.17) is 23.7 Å². The Hall–Kier alpha value is -3.01. The van der Waals surface area contributed by atoms with Gasteiger partial charge < -0.3 is 33.9 Å². The number of hydrogen-bond donors (Lipinski definition) is 1. The highest BCUT2D eigenvalue weighted by atomic mass is 16.8. The Kier molecular flexibility index (Phi) is 6.99. The summed E-state index contributed by atoms with van der Waals surface area (Å²) < 4.78 is 25.8. The molecular weight excluding hydrogens is 396 g/mol. The first-order chi connectivity index (χ1) is 14.3. The zero-order chi connectivity index (χ0) is 21.7. The highest BCUT2D eigenvalue weighted by molar-refractivity contribution is 6.01. The molecule has 2 aliphatic heterocycles. The molecule has 1 fully saturated rings. The topological polar surface area (TPSA) is 113 Å². The summed E-state index contributed by atoms with van der Waals surface area (Å²) in [5, 5.41) is 3.16. The van der Waals surface area contributed by atoms with Crippen molar-refractivity contribution in [2.24, 2.45) is 0 Å². The largest absolute Gasteiger partial charge is 0.511 e. The molecule has 2 unspecified atom stereocenters. The van der Waals surface area contributed by atoms with E-state index in [0.717, 1.165) is 18.0 Å². The van der Waals surface area contributed by atoms with Gasteiger partial charge in [0.15, 0.2) is 17.3 Å². The van der Waals surface area contributed by atoms with Crippen molar-refractivity contribution < 1.29 is 38.1 Å². The van der Waals surface area contributed by atoms with Crippen LogP contribution in [0.1, 0.15) is 37.0 Å². The third kappa shape index (κ3) is 5.32. The summed E-state index contributed by atoms with van der Waals surface area (Å²) in [5.74, 6) is 0.744. The van der Waals surface area contributed by atoms with Gasteiger partial charge in [0.25, 0.3) is 0 Å². The molecule has 0 radical (unpaired) electrons. The fourth-order valence-corrected chi connectivity index (χ4v) is 3.09. The van der Waals surface area contributed by atoms with Gasteiger partial charge in [0.1, 0.15) is 6.10 Å². The zero-order valence-electron chi connectivity index (χ0n) is 17.2. The number of ether oxygens (including phenoxy) is 5. The number of rotatable bonds is 6. The van der Waals surface area contributed by atoms with Crippen LogP contribution < -0.4 is 14.8 Å². The van der Waals surface area contributed by atoms with Crippen LogP contribution in [0.2, 0.25) is 0 Å². The predicted molar refractivity (Wildman–Crippen MR) is 104 cm³/mol. The van der Waals surface area contributed by atoms with Gasteiger partial charge in [0, 0.05) is 19.5 Å². The maximum Gasteiger partial charge on any atom is 0.511 e. The van der Waals surface area contributed by atoms with E-state index in [9.17, 15) is 14.4 Å². The summed E-state index contributed by atoms with van der Waals surface area (Å²) in [6.45, 7) is 4.61. The van der Waals surface area contributed by atoms with Gasteiger partial charge in [-0.2, -0.15) is 0 Å². The third-order valence-corrected chi connectivity index (χ3v) is 4.98. The molecule has 10 heteroatoms. The number of ketones is 1. The van der Waals surface area contributed by atoms with Crippen molar-refractivity contribution in [3.63, 3.8) is 0 Å². The van der Waals surface area contributed by atoms with Crippen molar-refractivity contribution in [1.82, 2.24) is 10.2 Å². The zero-order valence-corrected chi connectivity index (χ0v) is 17.2. The molecule has 1 aromatic carbocycles. The van der Waals surface area contributed by atoms with Crippen LogP contribution in [0.3, 0.4) is 0 Å². The minimum Gasteiger partial charge on any atom is -0.454 e. The van der Waals surface area contributed by atoms with Gasteiger partial charge in [0.2, 0.25) is 13.1 Å². The molecule has 10 nitrogen and oxygen atoms in total. The highest BCUT2D eigenvalue weighted by Crippen LogP contribution is 2.33. The van der Waals surface area contributed by atoms with Crippen molar-refractivity contribution in [2.45, 2.75) is 45.1 Å². The predicted octanol–water partition coefficient (Wildman–Crippen LogP) is 2.31. The Balaban J connectivity index is 1.48. The van der Waals surface area contributed by atoms with Crippen molar-refractivity contribution >= 4 is 18.0 Å². The molecule has 2 aliphatic rings. The number of nitrogens with one attached hydrogen (secondary N) is 1. The maximum absolute atomic E-state index is 12.7. The Morgan fingerprint density at radius 3 is 2.53 bits per heavy atom. The lowest BCUT2D eigenvalue weighted by Crippen LogP contribution is -2.42. The number of likely N-dealkylation sites (N-methyl/N-ethyl adjacent to an activating group) is 1. The summed E-state index contributed by atoms with van der Waals surface area (Å²) in [7, 11) is 1.43.